The van der Waals surface area contributed by atoms with Crippen molar-refractivity contribution in [3.05, 3.63) is 89.5 Å². The maximum absolute atomic E-state index is 14.2. The lowest BCUT2D eigenvalue weighted by atomic mass is 9.98. The van der Waals surface area contributed by atoms with Gasteiger partial charge in [0.15, 0.2) is 0 Å². The van der Waals surface area contributed by atoms with Crippen molar-refractivity contribution in [1.29, 1.82) is 0 Å². The highest BCUT2D eigenvalue weighted by Gasteiger charge is 2.32. The van der Waals surface area contributed by atoms with E-state index < -0.39 is 6.04 Å². The summed E-state index contributed by atoms with van der Waals surface area (Å²) in [5.74, 6) is 1.43. The lowest BCUT2D eigenvalue weighted by Gasteiger charge is -2.34. The van der Waals surface area contributed by atoms with Gasteiger partial charge < -0.3 is 19.7 Å². The number of hydrogen-bond acceptors (Lipinski definition) is 4. The van der Waals surface area contributed by atoms with E-state index in [1.54, 1.807) is 14.2 Å². The number of amides is 1. The molecule has 1 fully saturated rings. The minimum Gasteiger partial charge on any atom is -0.497 e. The Balaban J connectivity index is 1.72. The molecule has 0 radical (unpaired) electrons. The fraction of sp³-hybridized carbons (Fsp3) is 0.345. The Kier molecular flexibility index (Phi) is 7.73. The SMILES string of the molecule is COc1cc(NC(C(=O)N2CCCCCC2c2ccccc2)c2ccc(C)cc2)cc(OC)c1. The zero-order valence-corrected chi connectivity index (χ0v) is 20.3. The number of nitrogens with one attached hydrogen (secondary N) is 1. The number of anilines is 1. The van der Waals surface area contributed by atoms with Crippen LogP contribution in [0.4, 0.5) is 5.69 Å². The molecule has 4 rings (SSSR count). The Morgan fingerprint density at radius 3 is 2.24 bits per heavy atom. The first-order chi connectivity index (χ1) is 16.6. The monoisotopic (exact) mass is 458 g/mol. The molecule has 0 spiro atoms. The summed E-state index contributed by atoms with van der Waals surface area (Å²) in [7, 11) is 3.26. The molecule has 0 saturated carbocycles. The summed E-state index contributed by atoms with van der Waals surface area (Å²) in [5, 5.41) is 3.50. The van der Waals surface area contributed by atoms with Gasteiger partial charge in [-0.1, -0.05) is 73.0 Å². The van der Waals surface area contributed by atoms with Crippen molar-refractivity contribution in [3.8, 4) is 11.5 Å². The molecule has 1 heterocycles. The smallest absolute Gasteiger partial charge is 0.250 e. The Hall–Kier alpha value is -3.47. The number of aryl methyl sites for hydroxylation is 1. The Morgan fingerprint density at radius 1 is 0.912 bits per heavy atom. The third-order valence-corrected chi connectivity index (χ3v) is 6.54. The summed E-state index contributed by atoms with van der Waals surface area (Å²) in [6, 6.07) is 23.8. The van der Waals surface area contributed by atoms with Crippen LogP contribution in [0.5, 0.6) is 11.5 Å². The molecule has 0 aromatic heterocycles. The first kappa shape index (κ1) is 23.7. The summed E-state index contributed by atoms with van der Waals surface area (Å²) < 4.78 is 10.9. The predicted octanol–water partition coefficient (Wildman–Crippen LogP) is 6.31. The number of hydrogen-bond donors (Lipinski definition) is 1. The summed E-state index contributed by atoms with van der Waals surface area (Å²) in [5.41, 5.74) is 4.08. The lowest BCUT2D eigenvalue weighted by Crippen LogP contribution is -2.40. The van der Waals surface area contributed by atoms with Crippen molar-refractivity contribution in [1.82, 2.24) is 4.90 Å². The molecule has 3 aromatic rings. The molecule has 2 atom stereocenters. The van der Waals surface area contributed by atoms with Gasteiger partial charge in [0, 0.05) is 30.4 Å². The first-order valence-corrected chi connectivity index (χ1v) is 12.0. The molecular weight excluding hydrogens is 424 g/mol. The third-order valence-electron chi connectivity index (χ3n) is 6.54. The predicted molar refractivity (Wildman–Crippen MR) is 136 cm³/mol. The van der Waals surface area contributed by atoms with Crippen LogP contribution in [0, 0.1) is 6.92 Å². The van der Waals surface area contributed by atoms with E-state index in [2.05, 4.69) is 53.5 Å². The second kappa shape index (κ2) is 11.1. The van der Waals surface area contributed by atoms with E-state index in [1.165, 1.54) is 5.56 Å². The van der Waals surface area contributed by atoms with Crippen LogP contribution in [0.1, 0.15) is 54.5 Å². The number of benzene rings is 3. The maximum Gasteiger partial charge on any atom is 0.250 e. The van der Waals surface area contributed by atoms with E-state index in [9.17, 15) is 4.79 Å². The van der Waals surface area contributed by atoms with Crippen molar-refractivity contribution < 1.29 is 14.3 Å². The topological polar surface area (TPSA) is 50.8 Å². The van der Waals surface area contributed by atoms with Gasteiger partial charge in [0.1, 0.15) is 17.5 Å². The minimum absolute atomic E-state index is 0.0748. The third kappa shape index (κ3) is 5.53. The van der Waals surface area contributed by atoms with Crippen LogP contribution in [-0.4, -0.2) is 31.6 Å². The van der Waals surface area contributed by atoms with E-state index in [-0.39, 0.29) is 11.9 Å². The molecule has 5 nitrogen and oxygen atoms in total. The van der Waals surface area contributed by atoms with Gasteiger partial charge in [-0.05, 0) is 30.9 Å². The molecule has 1 amide bonds. The molecule has 1 N–H and O–H groups in total. The number of likely N-dealkylation sites (tertiary alicyclic amines) is 1. The number of carbonyl (C=O) groups excluding carboxylic acids is 1. The van der Waals surface area contributed by atoms with Gasteiger partial charge in [0.2, 0.25) is 5.91 Å². The molecule has 178 valence electrons. The molecule has 5 heteroatoms. The second-order valence-electron chi connectivity index (χ2n) is 8.90. The van der Waals surface area contributed by atoms with Crippen molar-refractivity contribution >= 4 is 11.6 Å². The Morgan fingerprint density at radius 2 is 1.59 bits per heavy atom. The van der Waals surface area contributed by atoms with Crippen molar-refractivity contribution in [3.63, 3.8) is 0 Å². The van der Waals surface area contributed by atoms with Crippen LogP contribution in [0.3, 0.4) is 0 Å². The number of rotatable bonds is 7. The Bertz CT molecular complexity index is 1060. The van der Waals surface area contributed by atoms with Crippen LogP contribution in [0.25, 0.3) is 0 Å². The highest BCUT2D eigenvalue weighted by Crippen LogP contribution is 2.35. The average Bonchev–Trinajstić information content (AvgIpc) is 3.14. The van der Waals surface area contributed by atoms with Crippen LogP contribution in [0.2, 0.25) is 0 Å². The fourth-order valence-electron chi connectivity index (χ4n) is 4.66. The fourth-order valence-corrected chi connectivity index (χ4v) is 4.66. The standard InChI is InChI=1S/C29H34N2O3/c1-21-13-15-23(16-14-21)28(30-24-18-25(33-2)20-26(19-24)34-3)29(32)31-17-9-5-8-12-27(31)22-10-6-4-7-11-22/h4,6-7,10-11,13-16,18-20,27-28,30H,5,8-9,12,17H2,1-3H3. The molecule has 2 unspecified atom stereocenters. The quantitative estimate of drug-likeness (QED) is 0.451. The largest absolute Gasteiger partial charge is 0.497 e. The molecule has 3 aromatic carbocycles. The van der Waals surface area contributed by atoms with Crippen LogP contribution in [0.15, 0.2) is 72.8 Å². The highest BCUT2D eigenvalue weighted by molar-refractivity contribution is 5.87. The van der Waals surface area contributed by atoms with Crippen LogP contribution in [-0.2, 0) is 4.79 Å². The second-order valence-corrected chi connectivity index (χ2v) is 8.90. The van der Waals surface area contributed by atoms with E-state index in [1.807, 2.05) is 36.4 Å². The molecule has 1 aliphatic rings. The number of nitrogens with zero attached hydrogens (tertiary/aromatic N) is 1. The van der Waals surface area contributed by atoms with E-state index in [0.29, 0.717) is 11.5 Å². The summed E-state index contributed by atoms with van der Waals surface area (Å²) in [6.45, 7) is 2.81. The molecule has 34 heavy (non-hydrogen) atoms. The normalized spacial score (nSPS) is 16.9. The van der Waals surface area contributed by atoms with Crippen molar-refractivity contribution in [2.45, 2.75) is 44.7 Å². The molecule has 1 saturated heterocycles. The van der Waals surface area contributed by atoms with Gasteiger partial charge in [0.05, 0.1) is 20.3 Å². The highest BCUT2D eigenvalue weighted by atomic mass is 16.5. The first-order valence-electron chi connectivity index (χ1n) is 12.0. The zero-order chi connectivity index (χ0) is 23.9. The van der Waals surface area contributed by atoms with E-state index in [0.717, 1.165) is 49.0 Å². The van der Waals surface area contributed by atoms with Gasteiger partial charge in [-0.2, -0.15) is 0 Å². The zero-order valence-electron chi connectivity index (χ0n) is 20.3. The maximum atomic E-state index is 14.2. The van der Waals surface area contributed by atoms with Crippen LogP contribution >= 0.6 is 0 Å². The Labute approximate surface area is 202 Å². The summed E-state index contributed by atoms with van der Waals surface area (Å²) >= 11 is 0. The molecular formula is C29H34N2O3. The van der Waals surface area contributed by atoms with Gasteiger partial charge in [-0.25, -0.2) is 0 Å². The number of carbonyl (C=O) groups is 1. The van der Waals surface area contributed by atoms with Gasteiger partial charge in [-0.15, -0.1) is 0 Å². The van der Waals surface area contributed by atoms with Crippen molar-refractivity contribution in [2.24, 2.45) is 0 Å². The average molecular weight is 459 g/mol. The van der Waals surface area contributed by atoms with Crippen molar-refractivity contribution in [2.75, 3.05) is 26.1 Å². The molecule has 1 aliphatic heterocycles. The lowest BCUT2D eigenvalue weighted by molar-refractivity contribution is -0.134. The molecule has 0 aliphatic carbocycles. The number of methoxy groups -OCH3 is 2. The van der Waals surface area contributed by atoms with Gasteiger partial charge in [0.25, 0.3) is 0 Å². The van der Waals surface area contributed by atoms with Crippen LogP contribution < -0.4 is 14.8 Å². The van der Waals surface area contributed by atoms with E-state index in [4.69, 9.17) is 9.47 Å². The molecule has 0 bridgehead atoms. The van der Waals surface area contributed by atoms with Gasteiger partial charge >= 0.3 is 0 Å². The summed E-state index contributed by atoms with van der Waals surface area (Å²) in [4.78, 5) is 16.3. The summed E-state index contributed by atoms with van der Waals surface area (Å²) in [6.07, 6.45) is 4.26. The van der Waals surface area contributed by atoms with Gasteiger partial charge in [-0.3, -0.25) is 4.79 Å². The minimum atomic E-state index is -0.526. The number of ether oxygens (including phenoxy) is 2. The van der Waals surface area contributed by atoms with E-state index >= 15 is 0 Å².